The van der Waals surface area contributed by atoms with E-state index in [4.69, 9.17) is 0 Å². The Balaban J connectivity index is 0.000000516. The molecule has 0 bridgehead atoms. The first kappa shape index (κ1) is 33.9. The van der Waals surface area contributed by atoms with Crippen molar-refractivity contribution in [2.24, 2.45) is 0 Å². The van der Waals surface area contributed by atoms with Crippen LogP contribution in [0.3, 0.4) is 0 Å². The van der Waals surface area contributed by atoms with Gasteiger partial charge < -0.3 is 9.47 Å². The number of ether oxygens (including phenoxy) is 2. The molecule has 0 amide bonds. The number of rotatable bonds is 1. The number of hydrogen-bond donors (Lipinski definition) is 0. The molecular formula is C18H23F15O2. The van der Waals surface area contributed by atoms with Crippen molar-refractivity contribution in [2.75, 3.05) is 0 Å². The molecule has 212 valence electrons. The lowest BCUT2D eigenvalue weighted by Gasteiger charge is -2.30. The lowest BCUT2D eigenvalue weighted by atomic mass is 9.92. The number of hydrogen-bond acceptors (Lipinski definition) is 2. The highest BCUT2D eigenvalue weighted by Gasteiger charge is 2.82. The van der Waals surface area contributed by atoms with Crippen LogP contribution in [0.4, 0.5) is 65.9 Å². The molecule has 4 unspecified atom stereocenters. The van der Waals surface area contributed by atoms with Crippen LogP contribution in [-0.2, 0) is 9.47 Å². The van der Waals surface area contributed by atoms with Crippen LogP contribution in [0.1, 0.15) is 54.9 Å². The van der Waals surface area contributed by atoms with Crippen molar-refractivity contribution in [1.29, 1.82) is 0 Å². The van der Waals surface area contributed by atoms with E-state index in [2.05, 4.69) is 9.47 Å². The fraction of sp³-hybridized carbons (Fsp3) is 1.00. The summed E-state index contributed by atoms with van der Waals surface area (Å²) in [5.41, 5.74) is -7.04. The van der Waals surface area contributed by atoms with E-state index in [0.717, 1.165) is 0 Å². The lowest BCUT2D eigenvalue weighted by Crippen LogP contribution is -2.52. The summed E-state index contributed by atoms with van der Waals surface area (Å²) >= 11 is 0. The summed E-state index contributed by atoms with van der Waals surface area (Å²) in [6, 6.07) is 0. The molecule has 4 atom stereocenters. The van der Waals surface area contributed by atoms with Crippen molar-refractivity contribution < 1.29 is 75.3 Å². The molecule has 35 heavy (non-hydrogen) atoms. The van der Waals surface area contributed by atoms with Crippen molar-refractivity contribution in [3.63, 3.8) is 0 Å². The van der Waals surface area contributed by atoms with E-state index < -0.39 is 65.1 Å². The topological polar surface area (TPSA) is 18.5 Å². The molecule has 2 aliphatic rings. The van der Waals surface area contributed by atoms with E-state index in [1.54, 1.807) is 0 Å². The zero-order valence-electron chi connectivity index (χ0n) is 19.2. The van der Waals surface area contributed by atoms with Crippen LogP contribution in [0.15, 0.2) is 0 Å². The van der Waals surface area contributed by atoms with Gasteiger partial charge in [-0.1, -0.05) is 0 Å². The summed E-state index contributed by atoms with van der Waals surface area (Å²) in [5, 5.41) is 0. The van der Waals surface area contributed by atoms with Gasteiger partial charge in [-0.2, -0.15) is 30.7 Å². The molecule has 1 saturated carbocycles. The van der Waals surface area contributed by atoms with Crippen LogP contribution in [0.25, 0.3) is 0 Å². The molecule has 2 fully saturated rings. The average Bonchev–Trinajstić information content (AvgIpc) is 2.72. The first-order valence-electron chi connectivity index (χ1n) is 9.36. The van der Waals surface area contributed by atoms with E-state index in [0.29, 0.717) is 27.7 Å². The third-order valence-electron chi connectivity index (χ3n) is 5.44. The number of halogens is 15. The maximum absolute atomic E-state index is 13.2. The first-order chi connectivity index (χ1) is 14.6. The van der Waals surface area contributed by atoms with Gasteiger partial charge in [0.25, 0.3) is 17.5 Å². The van der Waals surface area contributed by atoms with Gasteiger partial charge in [-0.25, -0.2) is 35.1 Å². The summed E-state index contributed by atoms with van der Waals surface area (Å²) in [5.74, 6) is -26.9. The van der Waals surface area contributed by atoms with Gasteiger partial charge >= 0.3 is 29.9 Å². The SMILES string of the molecule is CC(F)(F)C(C)(F)F.CC1(F)CC(F)(F)C(F)(F)C1(C)F.CC1(F)OC(C)(C(F)(F)F)OC1(C)F. The Hall–Kier alpha value is -1.13. The maximum atomic E-state index is 13.2. The van der Waals surface area contributed by atoms with Crippen molar-refractivity contribution in [2.45, 2.75) is 114 Å². The normalized spacial score (nSPS) is 41.0. The summed E-state index contributed by atoms with van der Waals surface area (Å²) in [7, 11) is 0. The summed E-state index contributed by atoms with van der Waals surface area (Å²) in [6.45, 7) is 2.47. The van der Waals surface area contributed by atoms with Gasteiger partial charge in [-0.3, -0.25) is 0 Å². The highest BCUT2D eigenvalue weighted by atomic mass is 19.4. The quantitative estimate of drug-likeness (QED) is 0.304. The largest absolute Gasteiger partial charge is 0.443 e. The smallest absolute Gasteiger partial charge is 0.300 e. The monoisotopic (exact) mass is 556 g/mol. The minimum Gasteiger partial charge on any atom is -0.300 e. The molecule has 1 heterocycles. The van der Waals surface area contributed by atoms with Gasteiger partial charge in [-0.05, 0) is 20.8 Å². The Bertz CT molecular complexity index is 690. The molecule has 17 heteroatoms. The average molecular weight is 556 g/mol. The van der Waals surface area contributed by atoms with Crippen molar-refractivity contribution in [3.8, 4) is 0 Å². The summed E-state index contributed by atoms with van der Waals surface area (Å²) < 4.78 is 193. The molecule has 0 aromatic carbocycles. The highest BCUT2D eigenvalue weighted by molar-refractivity contribution is 5.18. The molecule has 0 aromatic rings. The van der Waals surface area contributed by atoms with Gasteiger partial charge in [-0.15, -0.1) is 0 Å². The van der Waals surface area contributed by atoms with Gasteiger partial charge in [0.1, 0.15) is 0 Å². The highest BCUT2D eigenvalue weighted by Crippen LogP contribution is 2.61. The van der Waals surface area contributed by atoms with E-state index >= 15 is 0 Å². The van der Waals surface area contributed by atoms with Gasteiger partial charge in [0.15, 0.2) is 5.67 Å². The molecule has 0 spiro atoms. The number of alkyl halides is 15. The second-order valence-electron chi connectivity index (χ2n) is 8.91. The molecule has 1 aliphatic carbocycles. The molecule has 2 rings (SSSR count). The molecular weight excluding hydrogens is 533 g/mol. The molecule has 0 radical (unpaired) electrons. The van der Waals surface area contributed by atoms with Gasteiger partial charge in [0, 0.05) is 27.7 Å². The zero-order valence-corrected chi connectivity index (χ0v) is 19.2. The van der Waals surface area contributed by atoms with E-state index in [1.807, 2.05) is 0 Å². The van der Waals surface area contributed by atoms with Crippen LogP contribution in [-0.4, -0.2) is 58.7 Å². The predicted molar refractivity (Wildman–Crippen MR) is 90.4 cm³/mol. The van der Waals surface area contributed by atoms with E-state index in [1.165, 1.54) is 0 Å². The Kier molecular flexibility index (Phi) is 8.44. The Morgan fingerprint density at radius 1 is 0.571 bits per heavy atom. The first-order valence-corrected chi connectivity index (χ1v) is 9.36. The van der Waals surface area contributed by atoms with Crippen molar-refractivity contribution in [3.05, 3.63) is 0 Å². The van der Waals surface area contributed by atoms with Crippen LogP contribution in [0.2, 0.25) is 0 Å². The third kappa shape index (κ3) is 6.24. The van der Waals surface area contributed by atoms with E-state index in [-0.39, 0.29) is 20.8 Å². The van der Waals surface area contributed by atoms with Crippen LogP contribution in [0.5, 0.6) is 0 Å². The fourth-order valence-electron chi connectivity index (χ4n) is 2.42. The third-order valence-corrected chi connectivity index (χ3v) is 5.44. The van der Waals surface area contributed by atoms with Gasteiger partial charge in [0.05, 0.1) is 6.42 Å². The molecule has 1 aliphatic heterocycles. The van der Waals surface area contributed by atoms with Crippen LogP contribution >= 0.6 is 0 Å². The molecule has 0 N–H and O–H groups in total. The van der Waals surface area contributed by atoms with Crippen LogP contribution in [0, 0.1) is 0 Å². The molecule has 2 nitrogen and oxygen atoms in total. The minimum absolute atomic E-state index is 0.161. The zero-order chi connectivity index (χ0) is 29.1. The van der Waals surface area contributed by atoms with Gasteiger partial charge in [0.2, 0.25) is 5.67 Å². The lowest BCUT2D eigenvalue weighted by molar-refractivity contribution is -0.359. The fourth-order valence-corrected chi connectivity index (χ4v) is 2.42. The minimum atomic E-state index is -5.00. The second kappa shape index (κ2) is 8.72. The maximum Gasteiger partial charge on any atom is 0.443 e. The summed E-state index contributed by atoms with van der Waals surface area (Å²) in [4.78, 5) is 0. The molecule has 1 saturated heterocycles. The van der Waals surface area contributed by atoms with Crippen molar-refractivity contribution in [1.82, 2.24) is 0 Å². The van der Waals surface area contributed by atoms with E-state index in [9.17, 15) is 65.9 Å². The Labute approximate surface area is 190 Å². The Morgan fingerprint density at radius 2 is 0.857 bits per heavy atom. The molecule has 0 aromatic heterocycles. The van der Waals surface area contributed by atoms with Crippen LogP contribution < -0.4 is 0 Å². The second-order valence-corrected chi connectivity index (χ2v) is 8.91. The summed E-state index contributed by atoms with van der Waals surface area (Å²) in [6.07, 6.45) is -6.79. The Morgan fingerprint density at radius 3 is 0.943 bits per heavy atom. The van der Waals surface area contributed by atoms with Crippen molar-refractivity contribution >= 4 is 0 Å². The predicted octanol–water partition coefficient (Wildman–Crippen LogP) is 8.10. The standard InChI is InChI=1S/C7H8F6.C7H9F5O2.C4H6F4/c1-4(8)3-6(10,11)7(12,13)5(4,2)9;1-4(8)5(2,9)14-6(3,13-4)7(10,11)12;1-3(5,6)4(2,7)8/h3H2,1-2H3;1-3H3;1-2H3.